The lowest BCUT2D eigenvalue weighted by Crippen LogP contribution is -2.39. The smallest absolute Gasteiger partial charge is 0.0151 e. The van der Waals surface area contributed by atoms with Crippen molar-refractivity contribution in [2.45, 2.75) is 76.7 Å². The van der Waals surface area contributed by atoms with Crippen LogP contribution >= 0.6 is 0 Å². The maximum atomic E-state index is 6.35. The molecule has 0 radical (unpaired) electrons. The molecule has 0 bridgehead atoms. The maximum absolute atomic E-state index is 6.35. The zero-order valence-corrected chi connectivity index (χ0v) is 9.15. The molecule has 0 aromatic carbocycles. The van der Waals surface area contributed by atoms with E-state index in [-0.39, 0.29) is 5.54 Å². The summed E-state index contributed by atoms with van der Waals surface area (Å²) < 4.78 is 0. The lowest BCUT2D eigenvalue weighted by atomic mass is 9.84. The molecule has 78 valence electrons. The quantitative estimate of drug-likeness (QED) is 0.660. The summed E-state index contributed by atoms with van der Waals surface area (Å²) in [5, 5.41) is 0. The van der Waals surface area contributed by atoms with E-state index in [9.17, 15) is 0 Å². The Morgan fingerprint density at radius 3 is 1.62 bits per heavy atom. The highest BCUT2D eigenvalue weighted by Crippen LogP contribution is 2.25. The number of nitrogens with two attached hydrogens (primary N) is 1. The molecular formula is C12H25N. The van der Waals surface area contributed by atoms with Gasteiger partial charge in [-0.25, -0.2) is 0 Å². The monoisotopic (exact) mass is 183 g/mol. The molecule has 1 heteroatoms. The predicted octanol–water partition coefficient (Wildman–Crippen LogP) is 3.62. The van der Waals surface area contributed by atoms with Crippen LogP contribution in [0.3, 0.4) is 0 Å². The van der Waals surface area contributed by atoms with Crippen LogP contribution in [0.1, 0.15) is 71.1 Å². The predicted molar refractivity (Wildman–Crippen MR) is 58.8 cm³/mol. The highest BCUT2D eigenvalue weighted by atomic mass is 14.7. The van der Waals surface area contributed by atoms with Gasteiger partial charge in [0.2, 0.25) is 0 Å². The zero-order chi connectivity index (χ0) is 9.57. The van der Waals surface area contributed by atoms with E-state index in [1.807, 2.05) is 0 Å². The van der Waals surface area contributed by atoms with E-state index in [2.05, 4.69) is 6.92 Å². The van der Waals surface area contributed by atoms with Crippen LogP contribution in [0.25, 0.3) is 0 Å². The molecule has 0 saturated heterocycles. The van der Waals surface area contributed by atoms with Gasteiger partial charge in [0, 0.05) is 5.54 Å². The first kappa shape index (κ1) is 11.0. The van der Waals surface area contributed by atoms with E-state index >= 15 is 0 Å². The van der Waals surface area contributed by atoms with E-state index in [1.165, 1.54) is 57.8 Å². The number of rotatable bonds is 1. The second-order valence-corrected chi connectivity index (χ2v) is 4.69. The van der Waals surface area contributed by atoms with Gasteiger partial charge in [0.25, 0.3) is 0 Å². The third-order valence-electron chi connectivity index (χ3n) is 3.55. The van der Waals surface area contributed by atoms with Crippen molar-refractivity contribution in [2.75, 3.05) is 0 Å². The minimum Gasteiger partial charge on any atom is -0.325 e. The topological polar surface area (TPSA) is 26.0 Å². The Hall–Kier alpha value is -0.0400. The van der Waals surface area contributed by atoms with Crippen LogP contribution in [-0.4, -0.2) is 5.54 Å². The van der Waals surface area contributed by atoms with Crippen LogP contribution in [0.5, 0.6) is 0 Å². The summed E-state index contributed by atoms with van der Waals surface area (Å²) in [7, 11) is 0. The Bertz CT molecular complexity index is 121. The van der Waals surface area contributed by atoms with Crippen LogP contribution in [-0.2, 0) is 0 Å². The van der Waals surface area contributed by atoms with Gasteiger partial charge < -0.3 is 5.73 Å². The fourth-order valence-corrected chi connectivity index (χ4v) is 2.32. The van der Waals surface area contributed by atoms with E-state index in [0.29, 0.717) is 0 Å². The van der Waals surface area contributed by atoms with Gasteiger partial charge >= 0.3 is 0 Å². The Labute approximate surface area is 83.1 Å². The first-order chi connectivity index (χ1) is 6.27. The largest absolute Gasteiger partial charge is 0.325 e. The molecule has 0 aliphatic heterocycles. The first-order valence-electron chi connectivity index (χ1n) is 6.06. The van der Waals surface area contributed by atoms with Crippen molar-refractivity contribution in [3.63, 3.8) is 0 Å². The maximum Gasteiger partial charge on any atom is 0.0151 e. The number of hydrogen-bond donors (Lipinski definition) is 1. The minimum atomic E-state index is 0.178. The van der Waals surface area contributed by atoms with Crippen molar-refractivity contribution in [1.29, 1.82) is 0 Å². The Balaban J connectivity index is 2.34. The van der Waals surface area contributed by atoms with Crippen molar-refractivity contribution in [2.24, 2.45) is 5.73 Å². The minimum absolute atomic E-state index is 0.178. The number of hydrogen-bond acceptors (Lipinski definition) is 1. The summed E-state index contributed by atoms with van der Waals surface area (Å²) in [5.41, 5.74) is 6.53. The van der Waals surface area contributed by atoms with E-state index in [0.717, 1.165) is 6.42 Å². The molecule has 2 N–H and O–H groups in total. The molecule has 1 aliphatic rings. The molecule has 0 spiro atoms. The molecule has 1 nitrogen and oxygen atoms in total. The molecular weight excluding hydrogens is 158 g/mol. The summed E-state index contributed by atoms with van der Waals surface area (Å²) in [4.78, 5) is 0. The van der Waals surface area contributed by atoms with Gasteiger partial charge in [0.1, 0.15) is 0 Å². The summed E-state index contributed by atoms with van der Waals surface area (Å²) >= 11 is 0. The van der Waals surface area contributed by atoms with Crippen LogP contribution in [0.15, 0.2) is 0 Å². The third-order valence-corrected chi connectivity index (χ3v) is 3.55. The molecule has 0 amide bonds. The highest BCUT2D eigenvalue weighted by molar-refractivity contribution is 4.82. The highest BCUT2D eigenvalue weighted by Gasteiger charge is 2.21. The van der Waals surface area contributed by atoms with Gasteiger partial charge in [-0.2, -0.15) is 0 Å². The van der Waals surface area contributed by atoms with Gasteiger partial charge in [-0.15, -0.1) is 0 Å². The van der Waals surface area contributed by atoms with Crippen LogP contribution in [0, 0.1) is 0 Å². The average molecular weight is 183 g/mol. The van der Waals surface area contributed by atoms with E-state index < -0.39 is 0 Å². The molecule has 0 unspecified atom stereocenters. The standard InChI is InChI=1S/C12H25N/c1-2-12(13)10-8-6-4-3-5-7-9-11-12/h2-11,13H2,1H3. The normalized spacial score (nSPS) is 25.4. The molecule has 1 saturated carbocycles. The average Bonchev–Trinajstić information content (AvgIpc) is 2.16. The first-order valence-corrected chi connectivity index (χ1v) is 6.06. The molecule has 1 aliphatic carbocycles. The molecule has 1 fully saturated rings. The molecule has 13 heavy (non-hydrogen) atoms. The zero-order valence-electron chi connectivity index (χ0n) is 9.15. The lowest BCUT2D eigenvalue weighted by Gasteiger charge is -2.29. The lowest BCUT2D eigenvalue weighted by molar-refractivity contribution is 0.316. The SMILES string of the molecule is CCC1(N)CCCCCCCCC1. The van der Waals surface area contributed by atoms with E-state index in [4.69, 9.17) is 5.73 Å². The second-order valence-electron chi connectivity index (χ2n) is 4.69. The molecule has 0 heterocycles. The van der Waals surface area contributed by atoms with E-state index in [1.54, 1.807) is 0 Å². The Morgan fingerprint density at radius 2 is 1.23 bits per heavy atom. The summed E-state index contributed by atoms with van der Waals surface area (Å²) in [6, 6.07) is 0. The summed E-state index contributed by atoms with van der Waals surface area (Å²) in [6.07, 6.45) is 13.5. The summed E-state index contributed by atoms with van der Waals surface area (Å²) in [6.45, 7) is 2.24. The molecule has 0 atom stereocenters. The Kier molecular flexibility index (Phi) is 4.79. The summed E-state index contributed by atoms with van der Waals surface area (Å²) in [5.74, 6) is 0. The van der Waals surface area contributed by atoms with Crippen molar-refractivity contribution in [3.05, 3.63) is 0 Å². The van der Waals surface area contributed by atoms with Crippen molar-refractivity contribution in [1.82, 2.24) is 0 Å². The van der Waals surface area contributed by atoms with Gasteiger partial charge in [0.15, 0.2) is 0 Å². The fourth-order valence-electron chi connectivity index (χ4n) is 2.32. The van der Waals surface area contributed by atoms with Crippen molar-refractivity contribution < 1.29 is 0 Å². The van der Waals surface area contributed by atoms with Crippen LogP contribution in [0.4, 0.5) is 0 Å². The molecule has 0 aromatic rings. The van der Waals surface area contributed by atoms with Gasteiger partial charge in [-0.3, -0.25) is 0 Å². The Morgan fingerprint density at radius 1 is 0.846 bits per heavy atom. The third kappa shape index (κ3) is 4.12. The van der Waals surface area contributed by atoms with Crippen LogP contribution < -0.4 is 5.73 Å². The van der Waals surface area contributed by atoms with Gasteiger partial charge in [0.05, 0.1) is 0 Å². The molecule has 0 aromatic heterocycles. The van der Waals surface area contributed by atoms with Crippen molar-refractivity contribution >= 4 is 0 Å². The van der Waals surface area contributed by atoms with Gasteiger partial charge in [-0.1, -0.05) is 51.9 Å². The van der Waals surface area contributed by atoms with Gasteiger partial charge in [-0.05, 0) is 19.3 Å². The fraction of sp³-hybridized carbons (Fsp3) is 1.00. The second kappa shape index (κ2) is 5.64. The molecule has 1 rings (SSSR count). The van der Waals surface area contributed by atoms with Crippen LogP contribution in [0.2, 0.25) is 0 Å². The van der Waals surface area contributed by atoms with Crippen molar-refractivity contribution in [3.8, 4) is 0 Å².